The number of rotatable bonds is 2. The Labute approximate surface area is 105 Å². The van der Waals surface area contributed by atoms with Crippen LogP contribution in [0.15, 0.2) is 0 Å². The molecule has 1 amide bonds. The third-order valence-electron chi connectivity index (χ3n) is 3.04. The van der Waals surface area contributed by atoms with Gasteiger partial charge in [0.15, 0.2) is 0 Å². The van der Waals surface area contributed by atoms with Gasteiger partial charge in [-0.3, -0.25) is 9.48 Å². The molecule has 5 nitrogen and oxygen atoms in total. The van der Waals surface area contributed by atoms with E-state index in [1.54, 1.807) is 11.7 Å². The van der Waals surface area contributed by atoms with Crippen LogP contribution in [0.3, 0.4) is 0 Å². The summed E-state index contributed by atoms with van der Waals surface area (Å²) in [5.74, 6) is 2.12. The van der Waals surface area contributed by atoms with E-state index in [4.69, 9.17) is 5.73 Å². The molecule has 0 aliphatic carbocycles. The van der Waals surface area contributed by atoms with E-state index in [1.807, 2.05) is 18.7 Å². The van der Waals surface area contributed by atoms with Gasteiger partial charge >= 0.3 is 0 Å². The first-order valence-electron chi connectivity index (χ1n) is 5.77. The van der Waals surface area contributed by atoms with Gasteiger partial charge in [-0.05, 0) is 31.3 Å². The molecule has 1 saturated heterocycles. The van der Waals surface area contributed by atoms with Crippen molar-refractivity contribution in [2.75, 3.05) is 17.2 Å². The van der Waals surface area contributed by atoms with Crippen molar-refractivity contribution < 1.29 is 4.79 Å². The number of nitrogen functional groups attached to an aromatic ring is 1. The third kappa shape index (κ3) is 2.57. The Morgan fingerprint density at radius 2 is 2.18 bits per heavy atom. The lowest BCUT2D eigenvalue weighted by molar-refractivity contribution is 0.0926. The van der Waals surface area contributed by atoms with Gasteiger partial charge < -0.3 is 11.1 Å². The second-order valence-corrected chi connectivity index (χ2v) is 5.56. The normalized spacial score (nSPS) is 17.1. The molecule has 94 valence electrons. The Hall–Kier alpha value is -1.17. The number of aromatic nitrogens is 2. The van der Waals surface area contributed by atoms with E-state index in [9.17, 15) is 4.79 Å². The molecule has 1 aromatic rings. The fraction of sp³-hybridized carbons (Fsp3) is 0.636. The number of anilines is 1. The fourth-order valence-corrected chi connectivity index (χ4v) is 3.15. The van der Waals surface area contributed by atoms with Crippen molar-refractivity contribution in [1.82, 2.24) is 15.1 Å². The molecular weight excluding hydrogens is 236 g/mol. The first-order valence-corrected chi connectivity index (χ1v) is 6.92. The van der Waals surface area contributed by atoms with Crippen molar-refractivity contribution in [3.05, 3.63) is 11.4 Å². The van der Waals surface area contributed by atoms with Crippen LogP contribution in [-0.4, -0.2) is 33.2 Å². The third-order valence-corrected chi connectivity index (χ3v) is 4.09. The average molecular weight is 254 g/mol. The summed E-state index contributed by atoms with van der Waals surface area (Å²) in [6.45, 7) is 1.81. The van der Waals surface area contributed by atoms with Gasteiger partial charge in [0.2, 0.25) is 0 Å². The summed E-state index contributed by atoms with van der Waals surface area (Å²) in [7, 11) is 1.75. The van der Waals surface area contributed by atoms with Crippen LogP contribution in [0.4, 0.5) is 5.69 Å². The largest absolute Gasteiger partial charge is 0.395 e. The number of amides is 1. The predicted molar refractivity (Wildman–Crippen MR) is 70.2 cm³/mol. The SMILES string of the molecule is Cc1nn(C)c(C(=O)NC2CCSCC2)c1N. The summed E-state index contributed by atoms with van der Waals surface area (Å²) in [4.78, 5) is 12.1. The molecule has 2 rings (SSSR count). The van der Waals surface area contributed by atoms with Crippen molar-refractivity contribution >= 4 is 23.4 Å². The van der Waals surface area contributed by atoms with E-state index in [-0.39, 0.29) is 11.9 Å². The van der Waals surface area contributed by atoms with Gasteiger partial charge in [-0.1, -0.05) is 0 Å². The van der Waals surface area contributed by atoms with Gasteiger partial charge in [0, 0.05) is 13.1 Å². The highest BCUT2D eigenvalue weighted by atomic mass is 32.2. The smallest absolute Gasteiger partial charge is 0.271 e. The van der Waals surface area contributed by atoms with Crippen molar-refractivity contribution in [3.63, 3.8) is 0 Å². The molecule has 3 N–H and O–H groups in total. The Morgan fingerprint density at radius 3 is 2.71 bits per heavy atom. The first kappa shape index (κ1) is 12.3. The summed E-state index contributed by atoms with van der Waals surface area (Å²) in [6.07, 6.45) is 2.07. The number of hydrogen-bond acceptors (Lipinski definition) is 4. The van der Waals surface area contributed by atoms with Gasteiger partial charge in [-0.25, -0.2) is 0 Å². The molecule has 1 aliphatic heterocycles. The van der Waals surface area contributed by atoms with E-state index in [2.05, 4.69) is 10.4 Å². The second-order valence-electron chi connectivity index (χ2n) is 4.33. The van der Waals surface area contributed by atoms with Crippen LogP contribution in [0.5, 0.6) is 0 Å². The summed E-state index contributed by atoms with van der Waals surface area (Å²) >= 11 is 1.94. The van der Waals surface area contributed by atoms with Gasteiger partial charge in [0.1, 0.15) is 5.69 Å². The predicted octanol–water partition coefficient (Wildman–Crippen LogP) is 0.936. The molecule has 0 atom stereocenters. The standard InChI is InChI=1S/C11H18N4OS/c1-7-9(12)10(15(2)14-7)11(16)13-8-3-5-17-6-4-8/h8H,3-6,12H2,1-2H3,(H,13,16). The number of carbonyl (C=O) groups excluding carboxylic acids is 1. The molecule has 0 saturated carbocycles. The summed E-state index contributed by atoms with van der Waals surface area (Å²) in [6, 6.07) is 0.276. The van der Waals surface area contributed by atoms with Crippen molar-refractivity contribution in [2.24, 2.45) is 7.05 Å². The van der Waals surface area contributed by atoms with E-state index < -0.39 is 0 Å². The average Bonchev–Trinajstić information content (AvgIpc) is 2.54. The minimum atomic E-state index is -0.109. The van der Waals surface area contributed by atoms with E-state index >= 15 is 0 Å². The molecule has 6 heteroatoms. The number of nitrogens with two attached hydrogens (primary N) is 1. The molecule has 1 fully saturated rings. The van der Waals surface area contributed by atoms with Crippen LogP contribution in [-0.2, 0) is 7.05 Å². The van der Waals surface area contributed by atoms with Crippen LogP contribution in [0.2, 0.25) is 0 Å². The Bertz CT molecular complexity index is 423. The minimum Gasteiger partial charge on any atom is -0.395 e. The lowest BCUT2D eigenvalue weighted by atomic mass is 10.1. The zero-order valence-corrected chi connectivity index (χ0v) is 11.0. The van der Waals surface area contributed by atoms with Gasteiger partial charge in [0.25, 0.3) is 5.91 Å². The van der Waals surface area contributed by atoms with E-state index in [0.717, 1.165) is 24.3 Å². The summed E-state index contributed by atoms with van der Waals surface area (Å²) < 4.78 is 1.55. The molecule has 0 radical (unpaired) electrons. The quantitative estimate of drug-likeness (QED) is 0.823. The zero-order valence-electron chi connectivity index (χ0n) is 10.2. The molecule has 0 bridgehead atoms. The van der Waals surface area contributed by atoms with Crippen molar-refractivity contribution in [1.29, 1.82) is 0 Å². The Balaban J connectivity index is 2.08. The van der Waals surface area contributed by atoms with Gasteiger partial charge in [-0.2, -0.15) is 16.9 Å². The monoisotopic (exact) mass is 254 g/mol. The Kier molecular flexibility index (Phi) is 3.61. The number of thioether (sulfide) groups is 1. The topological polar surface area (TPSA) is 72.9 Å². The molecule has 0 aromatic carbocycles. The lowest BCUT2D eigenvalue weighted by Gasteiger charge is -2.22. The van der Waals surface area contributed by atoms with Gasteiger partial charge in [0.05, 0.1) is 11.4 Å². The number of hydrogen-bond donors (Lipinski definition) is 2. The molecule has 1 aliphatic rings. The highest BCUT2D eigenvalue weighted by molar-refractivity contribution is 7.99. The lowest BCUT2D eigenvalue weighted by Crippen LogP contribution is -2.38. The maximum atomic E-state index is 12.1. The summed E-state index contributed by atoms with van der Waals surface area (Å²) in [5, 5.41) is 7.19. The van der Waals surface area contributed by atoms with E-state index in [0.29, 0.717) is 17.1 Å². The van der Waals surface area contributed by atoms with Crippen molar-refractivity contribution in [3.8, 4) is 0 Å². The maximum absolute atomic E-state index is 12.1. The highest BCUT2D eigenvalue weighted by Crippen LogP contribution is 2.19. The van der Waals surface area contributed by atoms with Gasteiger partial charge in [-0.15, -0.1) is 0 Å². The van der Waals surface area contributed by atoms with E-state index in [1.165, 1.54) is 0 Å². The number of nitrogens with one attached hydrogen (secondary N) is 1. The molecule has 2 heterocycles. The number of nitrogens with zero attached hydrogens (tertiary/aromatic N) is 2. The highest BCUT2D eigenvalue weighted by Gasteiger charge is 2.22. The molecule has 1 aromatic heterocycles. The zero-order chi connectivity index (χ0) is 12.4. The first-order chi connectivity index (χ1) is 8.09. The van der Waals surface area contributed by atoms with Crippen LogP contribution in [0.25, 0.3) is 0 Å². The fourth-order valence-electron chi connectivity index (χ4n) is 2.04. The maximum Gasteiger partial charge on any atom is 0.271 e. The van der Waals surface area contributed by atoms with Crippen molar-refractivity contribution in [2.45, 2.75) is 25.8 Å². The van der Waals surface area contributed by atoms with Crippen LogP contribution >= 0.6 is 11.8 Å². The minimum absolute atomic E-state index is 0.109. The molecule has 0 unspecified atom stereocenters. The molecular formula is C11H18N4OS. The number of carbonyl (C=O) groups is 1. The molecule has 17 heavy (non-hydrogen) atoms. The van der Waals surface area contributed by atoms with Crippen LogP contribution in [0.1, 0.15) is 29.0 Å². The summed E-state index contributed by atoms with van der Waals surface area (Å²) in [5.41, 5.74) is 7.52. The Morgan fingerprint density at radius 1 is 1.53 bits per heavy atom. The van der Waals surface area contributed by atoms with Crippen LogP contribution < -0.4 is 11.1 Å². The number of aryl methyl sites for hydroxylation is 2. The van der Waals surface area contributed by atoms with Crippen LogP contribution in [0, 0.1) is 6.92 Å². The second kappa shape index (κ2) is 5.00. The molecule has 0 spiro atoms.